The van der Waals surface area contributed by atoms with E-state index in [-0.39, 0.29) is 6.42 Å². The van der Waals surface area contributed by atoms with Crippen molar-refractivity contribution in [1.29, 1.82) is 0 Å². The van der Waals surface area contributed by atoms with E-state index in [1.807, 2.05) is 19.1 Å². The van der Waals surface area contributed by atoms with Crippen molar-refractivity contribution in [3.8, 4) is 5.75 Å². The van der Waals surface area contributed by atoms with Crippen LogP contribution in [0.3, 0.4) is 0 Å². The van der Waals surface area contributed by atoms with Gasteiger partial charge in [0.05, 0.1) is 13.5 Å². The molecule has 4 nitrogen and oxygen atoms in total. The zero-order chi connectivity index (χ0) is 14.4. The Morgan fingerprint density at radius 3 is 2.58 bits per heavy atom. The molecule has 0 aliphatic carbocycles. The molecule has 0 saturated carbocycles. The zero-order valence-electron chi connectivity index (χ0n) is 12.1. The predicted octanol–water partition coefficient (Wildman–Crippen LogP) is 2.69. The van der Waals surface area contributed by atoms with Crippen molar-refractivity contribution in [3.63, 3.8) is 0 Å². The molecule has 0 atom stereocenters. The first-order chi connectivity index (χ1) is 8.93. The van der Waals surface area contributed by atoms with Crippen LogP contribution in [0, 0.1) is 6.92 Å². The van der Waals surface area contributed by atoms with Crippen LogP contribution in [0.5, 0.6) is 5.75 Å². The number of carboxylic acid groups (broad SMARTS) is 1. The molecule has 0 spiro atoms. The van der Waals surface area contributed by atoms with Crippen molar-refractivity contribution >= 4 is 5.97 Å². The average Bonchev–Trinajstić information content (AvgIpc) is 2.34. The van der Waals surface area contributed by atoms with E-state index in [2.05, 4.69) is 24.8 Å². The van der Waals surface area contributed by atoms with Crippen LogP contribution >= 0.6 is 0 Å². The minimum Gasteiger partial charge on any atom is -0.496 e. The summed E-state index contributed by atoms with van der Waals surface area (Å²) >= 11 is 0. The van der Waals surface area contributed by atoms with Crippen LogP contribution in [0.4, 0.5) is 0 Å². The lowest BCUT2D eigenvalue weighted by Crippen LogP contribution is -2.32. The Labute approximate surface area is 115 Å². The van der Waals surface area contributed by atoms with Gasteiger partial charge in [-0.2, -0.15) is 0 Å². The fraction of sp³-hybridized carbons (Fsp3) is 0.533. The van der Waals surface area contributed by atoms with Gasteiger partial charge in [-0.25, -0.2) is 0 Å². The highest BCUT2D eigenvalue weighted by atomic mass is 16.5. The highest BCUT2D eigenvalue weighted by Crippen LogP contribution is 2.20. The van der Waals surface area contributed by atoms with E-state index in [9.17, 15) is 4.79 Å². The van der Waals surface area contributed by atoms with Crippen LogP contribution in [-0.2, 0) is 11.3 Å². The van der Waals surface area contributed by atoms with Gasteiger partial charge in [0.15, 0.2) is 0 Å². The number of aryl methyl sites for hydroxylation is 1. The van der Waals surface area contributed by atoms with Crippen molar-refractivity contribution < 1.29 is 14.6 Å². The maximum absolute atomic E-state index is 10.7. The van der Waals surface area contributed by atoms with E-state index in [1.165, 1.54) is 5.56 Å². The molecule has 1 N–H and O–H groups in total. The molecule has 0 fully saturated rings. The fourth-order valence-corrected chi connectivity index (χ4v) is 2.03. The van der Waals surface area contributed by atoms with E-state index in [0.29, 0.717) is 12.6 Å². The standard InChI is InChI=1S/C15H23NO3/c1-11(2)16(8-7-15(17)18)10-13-5-6-14(19-4)12(3)9-13/h5-6,9,11H,7-8,10H2,1-4H3,(H,17,18). The van der Waals surface area contributed by atoms with E-state index >= 15 is 0 Å². The third kappa shape index (κ3) is 4.91. The van der Waals surface area contributed by atoms with Gasteiger partial charge in [-0.3, -0.25) is 9.69 Å². The van der Waals surface area contributed by atoms with Crippen LogP contribution in [0.15, 0.2) is 18.2 Å². The summed E-state index contributed by atoms with van der Waals surface area (Å²) in [7, 11) is 1.66. The van der Waals surface area contributed by atoms with Crippen molar-refractivity contribution in [2.45, 2.75) is 39.8 Å². The molecule has 4 heteroatoms. The SMILES string of the molecule is COc1ccc(CN(CCC(=O)O)C(C)C)cc1C. The maximum atomic E-state index is 10.7. The van der Waals surface area contributed by atoms with Gasteiger partial charge in [-0.1, -0.05) is 12.1 Å². The summed E-state index contributed by atoms with van der Waals surface area (Å²) in [5, 5.41) is 8.78. The number of rotatable bonds is 7. The third-order valence-corrected chi connectivity index (χ3v) is 3.19. The van der Waals surface area contributed by atoms with Gasteiger partial charge >= 0.3 is 5.97 Å². The number of carboxylic acids is 1. The molecule has 0 aromatic heterocycles. The first-order valence-electron chi connectivity index (χ1n) is 6.53. The Morgan fingerprint density at radius 1 is 1.42 bits per heavy atom. The summed E-state index contributed by atoms with van der Waals surface area (Å²) in [5.74, 6) is 0.127. The highest BCUT2D eigenvalue weighted by Gasteiger charge is 2.12. The molecule has 0 aliphatic heterocycles. The first kappa shape index (κ1) is 15.5. The number of benzene rings is 1. The molecule has 0 radical (unpaired) electrons. The van der Waals surface area contributed by atoms with E-state index in [1.54, 1.807) is 7.11 Å². The number of nitrogens with zero attached hydrogens (tertiary/aromatic N) is 1. The lowest BCUT2D eigenvalue weighted by atomic mass is 10.1. The summed E-state index contributed by atoms with van der Waals surface area (Å²) < 4.78 is 5.24. The minimum atomic E-state index is -0.753. The molecule has 106 valence electrons. The number of hydrogen-bond acceptors (Lipinski definition) is 3. The van der Waals surface area contributed by atoms with Crippen LogP contribution < -0.4 is 4.74 Å². The normalized spacial score (nSPS) is 11.1. The smallest absolute Gasteiger partial charge is 0.304 e. The number of hydrogen-bond donors (Lipinski definition) is 1. The molecule has 0 bridgehead atoms. The number of carbonyl (C=O) groups is 1. The topological polar surface area (TPSA) is 49.8 Å². The van der Waals surface area contributed by atoms with E-state index < -0.39 is 5.97 Å². The minimum absolute atomic E-state index is 0.174. The van der Waals surface area contributed by atoms with Gasteiger partial charge in [0.2, 0.25) is 0 Å². The molecule has 1 aromatic carbocycles. The van der Waals surface area contributed by atoms with Crippen LogP contribution in [0.1, 0.15) is 31.4 Å². The van der Waals surface area contributed by atoms with Gasteiger partial charge in [0.25, 0.3) is 0 Å². The third-order valence-electron chi connectivity index (χ3n) is 3.19. The molecule has 1 rings (SSSR count). The fourth-order valence-electron chi connectivity index (χ4n) is 2.03. The Morgan fingerprint density at radius 2 is 2.11 bits per heavy atom. The molecule has 0 amide bonds. The first-order valence-corrected chi connectivity index (χ1v) is 6.53. The summed E-state index contributed by atoms with van der Waals surface area (Å²) in [6.07, 6.45) is 0.174. The second-order valence-corrected chi connectivity index (χ2v) is 5.01. The van der Waals surface area contributed by atoms with Crippen molar-refractivity contribution in [1.82, 2.24) is 4.90 Å². The maximum Gasteiger partial charge on any atom is 0.304 e. The molecular formula is C15H23NO3. The van der Waals surface area contributed by atoms with Crippen LogP contribution in [0.2, 0.25) is 0 Å². The molecule has 1 aromatic rings. The lowest BCUT2D eigenvalue weighted by Gasteiger charge is -2.26. The molecule has 0 heterocycles. The lowest BCUT2D eigenvalue weighted by molar-refractivity contribution is -0.137. The average molecular weight is 265 g/mol. The summed E-state index contributed by atoms with van der Waals surface area (Å²) in [5.41, 5.74) is 2.28. The van der Waals surface area contributed by atoms with Crippen molar-refractivity contribution in [2.75, 3.05) is 13.7 Å². The second-order valence-electron chi connectivity index (χ2n) is 5.01. The van der Waals surface area contributed by atoms with Gasteiger partial charge in [-0.15, -0.1) is 0 Å². The van der Waals surface area contributed by atoms with Crippen LogP contribution in [-0.4, -0.2) is 35.7 Å². The number of aliphatic carboxylic acids is 1. The number of methoxy groups -OCH3 is 1. The van der Waals surface area contributed by atoms with Gasteiger partial charge in [-0.05, 0) is 38.0 Å². The summed E-state index contributed by atoms with van der Waals surface area (Å²) in [6, 6.07) is 6.40. The second kappa shape index (κ2) is 7.14. The largest absolute Gasteiger partial charge is 0.496 e. The Balaban J connectivity index is 2.73. The van der Waals surface area contributed by atoms with Crippen molar-refractivity contribution in [3.05, 3.63) is 29.3 Å². The molecule has 0 unspecified atom stereocenters. The quantitative estimate of drug-likeness (QED) is 0.823. The van der Waals surface area contributed by atoms with Gasteiger partial charge in [0, 0.05) is 19.1 Å². The Bertz CT molecular complexity index is 429. The monoisotopic (exact) mass is 265 g/mol. The molecular weight excluding hydrogens is 242 g/mol. The zero-order valence-corrected chi connectivity index (χ0v) is 12.1. The Hall–Kier alpha value is -1.55. The molecule has 0 aliphatic rings. The van der Waals surface area contributed by atoms with E-state index in [4.69, 9.17) is 9.84 Å². The van der Waals surface area contributed by atoms with Crippen LogP contribution in [0.25, 0.3) is 0 Å². The summed E-state index contributed by atoms with van der Waals surface area (Å²) in [4.78, 5) is 12.8. The Kier molecular flexibility index (Phi) is 5.83. The van der Waals surface area contributed by atoms with Gasteiger partial charge < -0.3 is 9.84 Å². The predicted molar refractivity (Wildman–Crippen MR) is 75.5 cm³/mol. The van der Waals surface area contributed by atoms with Gasteiger partial charge in [0.1, 0.15) is 5.75 Å². The van der Waals surface area contributed by atoms with Crippen molar-refractivity contribution in [2.24, 2.45) is 0 Å². The molecule has 19 heavy (non-hydrogen) atoms. The molecule has 0 saturated heterocycles. The highest BCUT2D eigenvalue weighted by molar-refractivity contribution is 5.66. The number of ether oxygens (including phenoxy) is 1. The van der Waals surface area contributed by atoms with E-state index in [0.717, 1.165) is 17.9 Å². The summed E-state index contributed by atoms with van der Waals surface area (Å²) in [6.45, 7) is 7.50.